The van der Waals surface area contributed by atoms with E-state index >= 15 is 0 Å². The summed E-state index contributed by atoms with van der Waals surface area (Å²) >= 11 is 6.90. The number of benzene rings is 4. The van der Waals surface area contributed by atoms with Crippen LogP contribution in [0.3, 0.4) is 0 Å². The highest BCUT2D eigenvalue weighted by Gasteiger charge is 2.19. The number of furan rings is 1. The van der Waals surface area contributed by atoms with E-state index in [1.807, 2.05) is 54.6 Å². The van der Waals surface area contributed by atoms with Gasteiger partial charge in [0.25, 0.3) is 0 Å². The molecular formula is C24H15ClO. The molecule has 4 aromatic carbocycles. The number of rotatable bonds is 2. The largest absolute Gasteiger partial charge is 0.455 e. The van der Waals surface area contributed by atoms with Crippen molar-refractivity contribution in [2.75, 3.05) is 0 Å². The van der Waals surface area contributed by atoms with E-state index in [9.17, 15) is 0 Å². The first-order valence-electron chi connectivity index (χ1n) is 8.57. The molecule has 26 heavy (non-hydrogen) atoms. The van der Waals surface area contributed by atoms with Crippen molar-refractivity contribution in [2.24, 2.45) is 0 Å². The number of halogens is 1. The molecule has 0 amide bonds. The normalized spacial score (nSPS) is 11.3. The van der Waals surface area contributed by atoms with Gasteiger partial charge in [0, 0.05) is 21.9 Å². The molecule has 0 atom stereocenters. The minimum atomic E-state index is 0.732. The Labute approximate surface area is 156 Å². The van der Waals surface area contributed by atoms with Crippen LogP contribution in [0, 0.1) is 0 Å². The average Bonchev–Trinajstić information content (AvgIpc) is 3.10. The van der Waals surface area contributed by atoms with Crippen LogP contribution in [0.4, 0.5) is 0 Å². The highest BCUT2D eigenvalue weighted by atomic mass is 35.5. The minimum Gasteiger partial charge on any atom is -0.455 e. The summed E-state index contributed by atoms with van der Waals surface area (Å²) in [6, 6.07) is 30.8. The number of fused-ring (bicyclic) bond motifs is 3. The summed E-state index contributed by atoms with van der Waals surface area (Å²) in [6.07, 6.45) is 0. The van der Waals surface area contributed by atoms with E-state index in [-0.39, 0.29) is 0 Å². The average molecular weight is 355 g/mol. The maximum Gasteiger partial charge on any atom is 0.144 e. The molecule has 0 aliphatic rings. The molecule has 1 aromatic heterocycles. The fourth-order valence-corrected chi connectivity index (χ4v) is 3.87. The van der Waals surface area contributed by atoms with E-state index in [1.165, 1.54) is 0 Å². The second kappa shape index (κ2) is 6.05. The summed E-state index contributed by atoms with van der Waals surface area (Å²) < 4.78 is 6.23. The van der Waals surface area contributed by atoms with Crippen molar-refractivity contribution in [1.82, 2.24) is 0 Å². The van der Waals surface area contributed by atoms with E-state index < -0.39 is 0 Å². The summed E-state index contributed by atoms with van der Waals surface area (Å²) in [6.45, 7) is 0. The first-order chi connectivity index (χ1) is 12.8. The van der Waals surface area contributed by atoms with Gasteiger partial charge in [0.1, 0.15) is 11.2 Å². The lowest BCUT2D eigenvalue weighted by Gasteiger charge is -2.10. The van der Waals surface area contributed by atoms with Crippen LogP contribution in [0.15, 0.2) is 95.4 Å². The highest BCUT2D eigenvalue weighted by molar-refractivity contribution is 6.41. The summed E-state index contributed by atoms with van der Waals surface area (Å²) in [5, 5.41) is 2.75. The van der Waals surface area contributed by atoms with Gasteiger partial charge in [-0.3, -0.25) is 0 Å². The molecule has 1 heterocycles. The summed E-state index contributed by atoms with van der Waals surface area (Å²) in [4.78, 5) is 0. The maximum absolute atomic E-state index is 6.90. The number of hydrogen-bond donors (Lipinski definition) is 0. The van der Waals surface area contributed by atoms with Crippen molar-refractivity contribution < 1.29 is 4.42 Å². The molecule has 0 aliphatic carbocycles. The Morgan fingerprint density at radius 2 is 1.19 bits per heavy atom. The standard InChI is InChI=1S/C24H15ClO/c25-23-19(16-9-3-1-4-10-16)15-20(17-11-5-2-6-12-17)24-22(23)18-13-7-8-14-21(18)26-24/h1-15H. The SMILES string of the molecule is Clc1c(-c2ccccc2)cc(-c2ccccc2)c2oc3ccccc3c12. The van der Waals surface area contributed by atoms with E-state index in [2.05, 4.69) is 36.4 Å². The van der Waals surface area contributed by atoms with Gasteiger partial charge in [-0.2, -0.15) is 0 Å². The molecule has 1 nitrogen and oxygen atoms in total. The topological polar surface area (TPSA) is 13.1 Å². The second-order valence-electron chi connectivity index (χ2n) is 6.32. The highest BCUT2D eigenvalue weighted by Crippen LogP contribution is 2.44. The molecular weight excluding hydrogens is 340 g/mol. The third-order valence-corrected chi connectivity index (χ3v) is 5.15. The maximum atomic E-state index is 6.90. The van der Waals surface area contributed by atoms with Crippen LogP contribution >= 0.6 is 11.6 Å². The third-order valence-electron chi connectivity index (χ3n) is 4.75. The predicted octanol–water partition coefficient (Wildman–Crippen LogP) is 7.57. The fraction of sp³-hybridized carbons (Fsp3) is 0. The van der Waals surface area contributed by atoms with Crippen molar-refractivity contribution in [1.29, 1.82) is 0 Å². The van der Waals surface area contributed by atoms with E-state index in [0.29, 0.717) is 0 Å². The van der Waals surface area contributed by atoms with Crippen molar-refractivity contribution in [3.05, 3.63) is 96.0 Å². The lowest BCUT2D eigenvalue weighted by molar-refractivity contribution is 0.670. The Bertz CT molecular complexity index is 1220. The van der Waals surface area contributed by atoms with Gasteiger partial charge in [-0.15, -0.1) is 0 Å². The predicted molar refractivity (Wildman–Crippen MR) is 110 cm³/mol. The van der Waals surface area contributed by atoms with E-state index in [0.717, 1.165) is 49.2 Å². The molecule has 0 saturated carbocycles. The zero-order valence-corrected chi connectivity index (χ0v) is 14.7. The van der Waals surface area contributed by atoms with Crippen molar-refractivity contribution in [3.63, 3.8) is 0 Å². The lowest BCUT2D eigenvalue weighted by Crippen LogP contribution is -1.85. The van der Waals surface area contributed by atoms with E-state index in [1.54, 1.807) is 0 Å². The summed E-state index contributed by atoms with van der Waals surface area (Å²) in [5.41, 5.74) is 5.98. The molecule has 0 fully saturated rings. The van der Waals surface area contributed by atoms with Gasteiger partial charge in [-0.1, -0.05) is 90.5 Å². The number of hydrogen-bond acceptors (Lipinski definition) is 1. The molecule has 2 heteroatoms. The molecule has 0 spiro atoms. The zero-order chi connectivity index (χ0) is 17.5. The number of para-hydroxylation sites is 1. The smallest absolute Gasteiger partial charge is 0.144 e. The Balaban J connectivity index is 1.95. The van der Waals surface area contributed by atoms with Gasteiger partial charge in [0.15, 0.2) is 0 Å². The molecule has 0 aliphatic heterocycles. The van der Waals surface area contributed by atoms with E-state index in [4.69, 9.17) is 16.0 Å². The summed E-state index contributed by atoms with van der Waals surface area (Å²) in [7, 11) is 0. The van der Waals surface area contributed by atoms with Gasteiger partial charge in [-0.05, 0) is 23.3 Å². The van der Waals surface area contributed by atoms with Gasteiger partial charge in [0.05, 0.1) is 5.02 Å². The van der Waals surface area contributed by atoms with Gasteiger partial charge < -0.3 is 4.42 Å². The second-order valence-corrected chi connectivity index (χ2v) is 6.70. The van der Waals surface area contributed by atoms with Crippen LogP contribution in [0.5, 0.6) is 0 Å². The Morgan fingerprint density at radius 1 is 0.615 bits per heavy atom. The zero-order valence-electron chi connectivity index (χ0n) is 13.9. The molecule has 0 saturated heterocycles. The van der Waals surface area contributed by atoms with Crippen LogP contribution in [0.25, 0.3) is 44.2 Å². The quantitative estimate of drug-likeness (QED) is 0.318. The molecule has 0 N–H and O–H groups in total. The summed E-state index contributed by atoms with van der Waals surface area (Å²) in [5.74, 6) is 0. The van der Waals surface area contributed by atoms with Crippen molar-refractivity contribution in [2.45, 2.75) is 0 Å². The molecule has 5 rings (SSSR count). The lowest BCUT2D eigenvalue weighted by atomic mass is 9.95. The van der Waals surface area contributed by atoms with Crippen LogP contribution in [0.2, 0.25) is 5.02 Å². The minimum absolute atomic E-state index is 0.732. The first-order valence-corrected chi connectivity index (χ1v) is 8.95. The van der Waals surface area contributed by atoms with Gasteiger partial charge >= 0.3 is 0 Å². The fourth-order valence-electron chi connectivity index (χ4n) is 3.52. The monoisotopic (exact) mass is 354 g/mol. The van der Waals surface area contributed by atoms with Gasteiger partial charge in [-0.25, -0.2) is 0 Å². The third kappa shape index (κ3) is 2.33. The molecule has 5 aromatic rings. The Kier molecular flexibility index (Phi) is 3.55. The molecule has 124 valence electrons. The van der Waals surface area contributed by atoms with Crippen molar-refractivity contribution >= 4 is 33.5 Å². The van der Waals surface area contributed by atoms with Crippen LogP contribution < -0.4 is 0 Å². The van der Waals surface area contributed by atoms with Crippen LogP contribution in [-0.2, 0) is 0 Å². The molecule has 0 bridgehead atoms. The first kappa shape index (κ1) is 15.2. The Hall–Kier alpha value is -3.03. The Morgan fingerprint density at radius 3 is 1.88 bits per heavy atom. The van der Waals surface area contributed by atoms with Gasteiger partial charge in [0.2, 0.25) is 0 Å². The van der Waals surface area contributed by atoms with Crippen LogP contribution in [-0.4, -0.2) is 0 Å². The molecule has 0 unspecified atom stereocenters. The van der Waals surface area contributed by atoms with Crippen molar-refractivity contribution in [3.8, 4) is 22.3 Å². The molecule has 0 radical (unpaired) electrons. The van der Waals surface area contributed by atoms with Crippen LogP contribution in [0.1, 0.15) is 0 Å².